The fourth-order valence-corrected chi connectivity index (χ4v) is 2.92. The van der Waals surface area contributed by atoms with Gasteiger partial charge in [-0.2, -0.15) is 0 Å². The van der Waals surface area contributed by atoms with E-state index >= 15 is 0 Å². The Bertz CT molecular complexity index is 342. The Morgan fingerprint density at radius 3 is 3.12 bits per heavy atom. The maximum Gasteiger partial charge on any atom is 0.185 e. The maximum atomic E-state index is 5.57. The molecule has 2 N–H and O–H groups in total. The lowest BCUT2D eigenvalue weighted by Gasteiger charge is -2.36. The third-order valence-electron chi connectivity index (χ3n) is 3.21. The fourth-order valence-electron chi connectivity index (χ4n) is 2.05. The van der Waals surface area contributed by atoms with Crippen molar-refractivity contribution in [3.63, 3.8) is 0 Å². The van der Waals surface area contributed by atoms with Crippen LogP contribution in [0.25, 0.3) is 0 Å². The predicted octanol–water partition coefficient (Wildman–Crippen LogP) is 1.46. The maximum absolute atomic E-state index is 5.57. The highest BCUT2D eigenvalue weighted by molar-refractivity contribution is 7.13. The van der Waals surface area contributed by atoms with Gasteiger partial charge in [-0.05, 0) is 12.3 Å². The van der Waals surface area contributed by atoms with Crippen LogP contribution >= 0.6 is 11.3 Å². The first-order valence-electron chi connectivity index (χ1n) is 5.66. The minimum atomic E-state index is 0.318. The monoisotopic (exact) mass is 241 g/mol. The van der Waals surface area contributed by atoms with E-state index in [0.717, 1.165) is 30.3 Å². The van der Waals surface area contributed by atoms with Crippen LogP contribution in [0.3, 0.4) is 0 Å². The first-order valence-corrected chi connectivity index (χ1v) is 6.54. The lowest BCUT2D eigenvalue weighted by atomic mass is 9.96. The average Bonchev–Trinajstić information content (AvgIpc) is 2.78. The van der Waals surface area contributed by atoms with Crippen molar-refractivity contribution in [1.29, 1.82) is 0 Å². The molecule has 4 nitrogen and oxygen atoms in total. The second kappa shape index (κ2) is 5.12. The Labute approximate surface area is 100 Å². The van der Waals surface area contributed by atoms with Gasteiger partial charge in [0.05, 0.1) is 11.8 Å². The molecule has 2 atom stereocenters. The molecule has 1 saturated heterocycles. The van der Waals surface area contributed by atoms with Crippen LogP contribution in [0.15, 0.2) is 5.38 Å². The second-order valence-corrected chi connectivity index (χ2v) is 5.15. The Balaban J connectivity index is 2.05. The number of hydrogen-bond donors (Lipinski definition) is 1. The van der Waals surface area contributed by atoms with Crippen LogP contribution in [-0.4, -0.2) is 31.3 Å². The summed E-state index contributed by atoms with van der Waals surface area (Å²) < 4.78 is 5.50. The van der Waals surface area contributed by atoms with Crippen LogP contribution in [0, 0.1) is 5.92 Å². The van der Waals surface area contributed by atoms with Crippen molar-refractivity contribution in [1.82, 2.24) is 4.98 Å². The van der Waals surface area contributed by atoms with Crippen molar-refractivity contribution in [3.05, 3.63) is 11.1 Å². The molecule has 0 spiro atoms. The topological polar surface area (TPSA) is 51.4 Å². The van der Waals surface area contributed by atoms with Gasteiger partial charge in [-0.1, -0.05) is 6.92 Å². The van der Waals surface area contributed by atoms with Gasteiger partial charge in [-0.25, -0.2) is 4.98 Å². The van der Waals surface area contributed by atoms with Gasteiger partial charge < -0.3 is 15.4 Å². The fraction of sp³-hybridized carbons (Fsp3) is 0.727. The molecule has 0 saturated carbocycles. The molecule has 0 aromatic carbocycles. The molecule has 0 amide bonds. The number of anilines is 1. The third kappa shape index (κ3) is 2.36. The zero-order valence-electron chi connectivity index (χ0n) is 9.85. The zero-order valence-corrected chi connectivity index (χ0v) is 10.7. The summed E-state index contributed by atoms with van der Waals surface area (Å²) in [7, 11) is 1.79. The summed E-state index contributed by atoms with van der Waals surface area (Å²) in [6, 6.07) is 0. The summed E-state index contributed by atoms with van der Waals surface area (Å²) in [6.07, 6.45) is 1.48. The van der Waals surface area contributed by atoms with E-state index < -0.39 is 0 Å². The first-order chi connectivity index (χ1) is 7.74. The molecule has 1 fully saturated rings. The largest absolute Gasteiger partial charge is 0.379 e. The quantitative estimate of drug-likeness (QED) is 0.870. The summed E-state index contributed by atoms with van der Waals surface area (Å²) in [4.78, 5) is 6.81. The molecule has 1 aliphatic rings. The van der Waals surface area contributed by atoms with Crippen molar-refractivity contribution in [2.45, 2.75) is 26.0 Å². The van der Waals surface area contributed by atoms with Gasteiger partial charge in [0.25, 0.3) is 0 Å². The number of nitrogens with two attached hydrogens (primary N) is 1. The number of ether oxygens (including phenoxy) is 1. The molecule has 2 rings (SSSR count). The molecule has 0 aliphatic carbocycles. The van der Waals surface area contributed by atoms with Crippen LogP contribution in [0.2, 0.25) is 0 Å². The Morgan fingerprint density at radius 1 is 1.69 bits per heavy atom. The van der Waals surface area contributed by atoms with Crippen molar-refractivity contribution in [3.8, 4) is 0 Å². The Hall–Kier alpha value is -0.650. The van der Waals surface area contributed by atoms with E-state index in [0.29, 0.717) is 18.6 Å². The Morgan fingerprint density at radius 2 is 2.50 bits per heavy atom. The smallest absolute Gasteiger partial charge is 0.185 e. The third-order valence-corrected chi connectivity index (χ3v) is 4.16. The summed E-state index contributed by atoms with van der Waals surface area (Å²) >= 11 is 1.67. The summed E-state index contributed by atoms with van der Waals surface area (Å²) in [5, 5.41) is 3.12. The highest BCUT2D eigenvalue weighted by Gasteiger charge is 2.27. The molecule has 0 radical (unpaired) electrons. The van der Waals surface area contributed by atoms with Crippen LogP contribution in [0.1, 0.15) is 19.0 Å². The Kier molecular flexibility index (Phi) is 3.78. The number of hydrogen-bond acceptors (Lipinski definition) is 5. The molecule has 0 bridgehead atoms. The molecule has 90 valence electrons. The molecule has 2 unspecified atom stereocenters. The van der Waals surface area contributed by atoms with Gasteiger partial charge in [0.1, 0.15) is 0 Å². The van der Waals surface area contributed by atoms with E-state index in [-0.39, 0.29) is 0 Å². The molecular weight excluding hydrogens is 222 g/mol. The van der Waals surface area contributed by atoms with Gasteiger partial charge in [0.15, 0.2) is 5.13 Å². The van der Waals surface area contributed by atoms with Gasteiger partial charge in [-0.15, -0.1) is 11.3 Å². The van der Waals surface area contributed by atoms with Crippen molar-refractivity contribution >= 4 is 16.5 Å². The number of rotatable bonds is 3. The van der Waals surface area contributed by atoms with E-state index in [1.807, 2.05) is 5.38 Å². The number of piperidine rings is 1. The van der Waals surface area contributed by atoms with E-state index in [9.17, 15) is 0 Å². The number of thiazole rings is 1. The summed E-state index contributed by atoms with van der Waals surface area (Å²) in [5.74, 6) is 0.634. The van der Waals surface area contributed by atoms with Crippen LogP contribution in [0.4, 0.5) is 5.13 Å². The van der Waals surface area contributed by atoms with Crippen LogP contribution < -0.4 is 10.6 Å². The van der Waals surface area contributed by atoms with Gasteiger partial charge in [-0.3, -0.25) is 0 Å². The minimum Gasteiger partial charge on any atom is -0.379 e. The molecule has 1 aliphatic heterocycles. The normalized spacial score (nSPS) is 26.1. The molecule has 2 heterocycles. The number of nitrogens with zero attached hydrogens (tertiary/aromatic N) is 2. The van der Waals surface area contributed by atoms with Crippen LogP contribution in [-0.2, 0) is 11.3 Å². The number of methoxy groups -OCH3 is 1. The van der Waals surface area contributed by atoms with E-state index in [2.05, 4.69) is 16.8 Å². The lowest BCUT2D eigenvalue weighted by Crippen LogP contribution is -2.43. The zero-order chi connectivity index (χ0) is 11.5. The van der Waals surface area contributed by atoms with Crippen molar-refractivity contribution in [2.75, 3.05) is 25.1 Å². The van der Waals surface area contributed by atoms with E-state index in [4.69, 9.17) is 10.5 Å². The molecule has 16 heavy (non-hydrogen) atoms. The summed E-state index contributed by atoms with van der Waals surface area (Å²) in [6.45, 7) is 4.78. The van der Waals surface area contributed by atoms with Crippen LogP contribution in [0.5, 0.6) is 0 Å². The highest BCUT2D eigenvalue weighted by Crippen LogP contribution is 2.27. The van der Waals surface area contributed by atoms with Gasteiger partial charge >= 0.3 is 0 Å². The predicted molar refractivity (Wildman–Crippen MR) is 66.8 cm³/mol. The minimum absolute atomic E-state index is 0.318. The van der Waals surface area contributed by atoms with Gasteiger partial charge in [0, 0.05) is 32.1 Å². The van der Waals surface area contributed by atoms with E-state index in [1.54, 1.807) is 18.4 Å². The highest BCUT2D eigenvalue weighted by atomic mass is 32.1. The SMILES string of the molecule is COC1CN(c2nc(CN)cs2)CCC1C. The van der Waals surface area contributed by atoms with E-state index in [1.165, 1.54) is 0 Å². The molecule has 1 aromatic heterocycles. The number of aromatic nitrogens is 1. The van der Waals surface area contributed by atoms with Crippen molar-refractivity contribution in [2.24, 2.45) is 11.7 Å². The molecule has 1 aromatic rings. The first kappa shape index (κ1) is 11.8. The van der Waals surface area contributed by atoms with Crippen molar-refractivity contribution < 1.29 is 4.74 Å². The molecular formula is C11H19N3OS. The summed E-state index contributed by atoms with van der Waals surface area (Å²) in [5.41, 5.74) is 6.55. The second-order valence-electron chi connectivity index (χ2n) is 4.31. The van der Waals surface area contributed by atoms with Gasteiger partial charge in [0.2, 0.25) is 0 Å². The average molecular weight is 241 g/mol. The lowest BCUT2D eigenvalue weighted by molar-refractivity contribution is 0.0498. The molecule has 5 heteroatoms. The standard InChI is InChI=1S/C11H19N3OS/c1-8-3-4-14(6-10(8)15-2)11-13-9(5-12)7-16-11/h7-8,10H,3-6,12H2,1-2H3.